The van der Waals surface area contributed by atoms with Gasteiger partial charge in [-0.25, -0.2) is 0 Å². The summed E-state index contributed by atoms with van der Waals surface area (Å²) in [5.74, 6) is 0. The van der Waals surface area contributed by atoms with Gasteiger partial charge in [-0.1, -0.05) is 33.1 Å². The molecule has 0 spiro atoms. The smallest absolute Gasteiger partial charge is 0.0654 e. The maximum Gasteiger partial charge on any atom is 2.00 e. The van der Waals surface area contributed by atoms with E-state index in [-0.39, 0.29) is 21.7 Å². The first-order valence-corrected chi connectivity index (χ1v) is 2.41. The van der Waals surface area contributed by atoms with Gasteiger partial charge in [0.25, 0.3) is 0 Å². The van der Waals surface area contributed by atoms with Crippen LogP contribution in [0.2, 0.25) is 0 Å². The van der Waals surface area contributed by atoms with Gasteiger partial charge in [-0.15, -0.1) is 0 Å². The molecule has 0 radical (unpaired) electrons. The second kappa shape index (κ2) is 9.21. The molecule has 0 aliphatic rings. The molecule has 0 saturated carbocycles. The Morgan fingerprint density at radius 2 is 1.33 bits per heavy atom. The van der Waals surface area contributed by atoms with Gasteiger partial charge < -0.3 is 0 Å². The zero-order chi connectivity index (χ0) is 4.12. The van der Waals surface area contributed by atoms with Crippen LogP contribution in [0.3, 0.4) is 0 Å². The molecule has 0 unspecified atom stereocenters. The Morgan fingerprint density at radius 3 is 1.33 bits per heavy atom. The van der Waals surface area contributed by atoms with Crippen molar-refractivity contribution in [1.82, 2.24) is 0 Å². The van der Waals surface area contributed by atoms with Crippen LogP contribution in [0.15, 0.2) is 0 Å². The average molecular weight is 120 g/mol. The molecule has 1 heteroatoms. The fourth-order valence-electron chi connectivity index (χ4n) is 0.354. The summed E-state index contributed by atoms with van der Waals surface area (Å²) >= 11 is 0. The number of unbranched alkanes of at least 4 members (excludes halogenated alkanes) is 2. The molecule has 0 aromatic rings. The summed E-state index contributed by atoms with van der Waals surface area (Å²) in [6.45, 7) is 4.42. The van der Waals surface area contributed by atoms with Gasteiger partial charge >= 0.3 is 21.7 Å². The summed E-state index contributed by atoms with van der Waals surface area (Å²) in [5, 5.41) is 0. The quantitative estimate of drug-likeness (QED) is 0.490. The summed E-state index contributed by atoms with van der Waals surface area (Å²) < 4.78 is 0. The molecular weight excluding hydrogens is 108 g/mol. The second-order valence-corrected chi connectivity index (χ2v) is 1.35. The van der Waals surface area contributed by atoms with Crippen molar-refractivity contribution >= 4 is 0 Å². The number of hydrogen-bond donors (Lipinski definition) is 0. The van der Waals surface area contributed by atoms with E-state index in [1.54, 1.807) is 0 Å². The fraction of sp³-hybridized carbons (Fsp3) is 1.00. The average Bonchev–Trinajstić information content (AvgIpc) is 1.41. The van der Waals surface area contributed by atoms with E-state index in [2.05, 4.69) is 13.8 Å². The second-order valence-electron chi connectivity index (χ2n) is 1.35. The van der Waals surface area contributed by atoms with Crippen molar-refractivity contribution < 1.29 is 21.7 Å². The predicted molar refractivity (Wildman–Crippen MR) is 25.2 cm³/mol. The van der Waals surface area contributed by atoms with Crippen molar-refractivity contribution in [1.29, 1.82) is 0 Å². The molecule has 0 aromatic carbocycles. The topological polar surface area (TPSA) is 0 Å². The Bertz CT molecular complexity index is 11.4. The Hall–Kier alpha value is 0.714. The normalized spacial score (nSPS) is 7.00. The van der Waals surface area contributed by atoms with Crippen molar-refractivity contribution in [2.75, 3.05) is 0 Å². The van der Waals surface area contributed by atoms with E-state index in [0.29, 0.717) is 0 Å². The first kappa shape index (κ1) is 9.86. The molecule has 0 bridgehead atoms. The molecule has 0 rings (SSSR count). The molecule has 6 heavy (non-hydrogen) atoms. The third-order valence-electron chi connectivity index (χ3n) is 0.707. The zero-order valence-corrected chi connectivity index (χ0v) is 6.18. The molecule has 0 atom stereocenters. The Morgan fingerprint density at radius 1 is 1.00 bits per heavy atom. The molecular formula is C5H12Ti+2. The van der Waals surface area contributed by atoms with Crippen molar-refractivity contribution in [3.8, 4) is 0 Å². The van der Waals surface area contributed by atoms with E-state index >= 15 is 0 Å². The zero-order valence-electron chi connectivity index (χ0n) is 4.62. The van der Waals surface area contributed by atoms with Gasteiger partial charge in [0.05, 0.1) is 0 Å². The van der Waals surface area contributed by atoms with Crippen LogP contribution in [0.5, 0.6) is 0 Å². The van der Waals surface area contributed by atoms with Gasteiger partial charge in [0, 0.05) is 0 Å². The Balaban J connectivity index is 0. The predicted octanol–water partition coefficient (Wildman–Crippen LogP) is 2.19. The minimum atomic E-state index is 0. The SMILES string of the molecule is CCCCC.[Ti+2]. The van der Waals surface area contributed by atoms with Gasteiger partial charge in [-0.05, 0) is 0 Å². The molecule has 0 nitrogen and oxygen atoms in total. The van der Waals surface area contributed by atoms with Gasteiger partial charge in [0.15, 0.2) is 0 Å². The van der Waals surface area contributed by atoms with E-state index < -0.39 is 0 Å². The molecule has 0 N–H and O–H groups in total. The standard InChI is InChI=1S/C5H12.Ti/c1-3-5-4-2;/h3-5H2,1-2H3;/q;+2. The van der Waals surface area contributed by atoms with Crippen molar-refractivity contribution in [2.45, 2.75) is 33.1 Å². The first-order valence-electron chi connectivity index (χ1n) is 2.41. The molecule has 0 fully saturated rings. The monoisotopic (exact) mass is 120 g/mol. The molecule has 34 valence electrons. The maximum absolute atomic E-state index is 2.21. The Kier molecular flexibility index (Phi) is 15.1. The molecule has 0 aromatic heterocycles. The van der Waals surface area contributed by atoms with Crippen LogP contribution in [-0.4, -0.2) is 0 Å². The van der Waals surface area contributed by atoms with Crippen LogP contribution < -0.4 is 0 Å². The van der Waals surface area contributed by atoms with E-state index in [0.717, 1.165) is 0 Å². The largest absolute Gasteiger partial charge is 2.00 e. The van der Waals surface area contributed by atoms with Crippen LogP contribution in [0.1, 0.15) is 33.1 Å². The third kappa shape index (κ3) is 8.83. The van der Waals surface area contributed by atoms with Gasteiger partial charge in [0.2, 0.25) is 0 Å². The molecule has 0 aliphatic heterocycles. The van der Waals surface area contributed by atoms with Gasteiger partial charge in [-0.2, -0.15) is 0 Å². The van der Waals surface area contributed by atoms with Crippen molar-refractivity contribution in [3.05, 3.63) is 0 Å². The van der Waals surface area contributed by atoms with E-state index in [1.165, 1.54) is 19.3 Å². The van der Waals surface area contributed by atoms with E-state index in [4.69, 9.17) is 0 Å². The van der Waals surface area contributed by atoms with Gasteiger partial charge in [-0.3, -0.25) is 0 Å². The van der Waals surface area contributed by atoms with Crippen LogP contribution >= 0.6 is 0 Å². The summed E-state index contributed by atoms with van der Waals surface area (Å²) in [7, 11) is 0. The van der Waals surface area contributed by atoms with Crippen LogP contribution in [0.25, 0.3) is 0 Å². The van der Waals surface area contributed by atoms with E-state index in [9.17, 15) is 0 Å². The minimum Gasteiger partial charge on any atom is -0.0654 e. The van der Waals surface area contributed by atoms with Crippen LogP contribution in [-0.2, 0) is 21.7 Å². The number of hydrogen-bond acceptors (Lipinski definition) is 0. The minimum absolute atomic E-state index is 0. The van der Waals surface area contributed by atoms with E-state index in [1.807, 2.05) is 0 Å². The summed E-state index contributed by atoms with van der Waals surface area (Å²) in [6.07, 6.45) is 4.08. The van der Waals surface area contributed by atoms with Crippen molar-refractivity contribution in [2.24, 2.45) is 0 Å². The fourth-order valence-corrected chi connectivity index (χ4v) is 0.354. The summed E-state index contributed by atoms with van der Waals surface area (Å²) in [6, 6.07) is 0. The first-order chi connectivity index (χ1) is 2.41. The van der Waals surface area contributed by atoms with Crippen LogP contribution in [0.4, 0.5) is 0 Å². The molecule has 0 saturated heterocycles. The summed E-state index contributed by atoms with van der Waals surface area (Å²) in [4.78, 5) is 0. The van der Waals surface area contributed by atoms with Crippen molar-refractivity contribution in [3.63, 3.8) is 0 Å². The molecule has 0 heterocycles. The summed E-state index contributed by atoms with van der Waals surface area (Å²) in [5.41, 5.74) is 0. The maximum atomic E-state index is 2.21. The Labute approximate surface area is 55.2 Å². The molecule has 0 aliphatic carbocycles. The molecule has 0 amide bonds. The third-order valence-corrected chi connectivity index (χ3v) is 0.707. The van der Waals surface area contributed by atoms with Gasteiger partial charge in [0.1, 0.15) is 0 Å². The number of rotatable bonds is 2. The van der Waals surface area contributed by atoms with Crippen LogP contribution in [0, 0.1) is 0 Å².